The van der Waals surface area contributed by atoms with Crippen LogP contribution in [0.25, 0.3) is 0 Å². The lowest BCUT2D eigenvalue weighted by Crippen LogP contribution is -2.41. The van der Waals surface area contributed by atoms with Crippen molar-refractivity contribution in [3.63, 3.8) is 0 Å². The molecule has 0 spiro atoms. The maximum atomic E-state index is 13.4. The number of hydrogen-bond donors (Lipinski definition) is 1. The van der Waals surface area contributed by atoms with Crippen LogP contribution in [-0.4, -0.2) is 27.4 Å². The maximum absolute atomic E-state index is 13.4. The monoisotopic (exact) mass is 446 g/mol. The minimum absolute atomic E-state index is 0.132. The topological polar surface area (TPSA) is 66.5 Å². The van der Waals surface area contributed by atoms with Gasteiger partial charge in [-0.05, 0) is 69.4 Å². The van der Waals surface area contributed by atoms with Crippen molar-refractivity contribution in [3.05, 3.63) is 70.3 Å². The average molecular weight is 447 g/mol. The highest BCUT2D eigenvalue weighted by molar-refractivity contribution is 7.92. The number of halogens is 1. The summed E-state index contributed by atoms with van der Waals surface area (Å²) in [5, 5.41) is 3.31. The second-order valence-corrected chi connectivity index (χ2v) is 9.91. The van der Waals surface area contributed by atoms with Gasteiger partial charge in [-0.3, -0.25) is 9.10 Å². The predicted molar refractivity (Wildman–Crippen MR) is 121 cm³/mol. The quantitative estimate of drug-likeness (QED) is 0.623. The molecular formula is C23H27ClN2O3S. The van der Waals surface area contributed by atoms with Gasteiger partial charge in [0.05, 0.1) is 10.6 Å². The molecule has 1 N–H and O–H groups in total. The van der Waals surface area contributed by atoms with Crippen LogP contribution in [0.15, 0.2) is 59.0 Å². The number of sulfonamides is 1. The van der Waals surface area contributed by atoms with Gasteiger partial charge in [0.25, 0.3) is 10.0 Å². The number of anilines is 1. The lowest BCUT2D eigenvalue weighted by Gasteiger charge is -2.25. The van der Waals surface area contributed by atoms with Gasteiger partial charge >= 0.3 is 0 Å². The molecule has 0 unspecified atom stereocenters. The molecule has 0 saturated heterocycles. The van der Waals surface area contributed by atoms with E-state index in [9.17, 15) is 13.2 Å². The van der Waals surface area contributed by atoms with Gasteiger partial charge < -0.3 is 5.32 Å². The van der Waals surface area contributed by atoms with Crippen LogP contribution in [0, 0.1) is 13.8 Å². The lowest BCUT2D eigenvalue weighted by molar-refractivity contribution is -0.119. The molecule has 1 aliphatic carbocycles. The van der Waals surface area contributed by atoms with E-state index in [1.807, 2.05) is 13.8 Å². The molecule has 160 valence electrons. The van der Waals surface area contributed by atoms with Crippen LogP contribution in [0.4, 0.5) is 5.69 Å². The molecule has 0 aromatic heterocycles. The minimum Gasteiger partial charge on any atom is -0.351 e. The van der Waals surface area contributed by atoms with Gasteiger partial charge in [0, 0.05) is 11.6 Å². The Bertz CT molecular complexity index is 1050. The van der Waals surface area contributed by atoms with Crippen molar-refractivity contribution in [2.45, 2.75) is 44.4 Å². The highest BCUT2D eigenvalue weighted by Crippen LogP contribution is 2.28. The van der Waals surface area contributed by atoms with Crippen molar-refractivity contribution in [3.8, 4) is 0 Å². The van der Waals surface area contributed by atoms with E-state index >= 15 is 0 Å². The van der Waals surface area contributed by atoms with E-state index in [2.05, 4.69) is 11.4 Å². The van der Waals surface area contributed by atoms with Gasteiger partial charge in [0.2, 0.25) is 5.91 Å². The van der Waals surface area contributed by atoms with Crippen LogP contribution in [0.3, 0.4) is 0 Å². The van der Waals surface area contributed by atoms with E-state index < -0.39 is 10.0 Å². The number of rotatable bonds is 7. The zero-order valence-electron chi connectivity index (χ0n) is 17.3. The molecule has 0 bridgehead atoms. The zero-order chi connectivity index (χ0) is 21.7. The van der Waals surface area contributed by atoms with Gasteiger partial charge in [-0.1, -0.05) is 47.0 Å². The first-order valence-electron chi connectivity index (χ1n) is 10.1. The molecule has 30 heavy (non-hydrogen) atoms. The molecule has 1 amide bonds. The third-order valence-corrected chi connectivity index (χ3v) is 7.43. The van der Waals surface area contributed by atoms with Gasteiger partial charge in [0.1, 0.15) is 6.54 Å². The summed E-state index contributed by atoms with van der Waals surface area (Å²) in [5.41, 5.74) is 3.35. The molecule has 7 heteroatoms. The molecule has 3 rings (SSSR count). The molecule has 1 aliphatic rings. The number of carbonyl (C=O) groups excluding carboxylic acids is 1. The van der Waals surface area contributed by atoms with E-state index in [1.165, 1.54) is 12.0 Å². The SMILES string of the molecule is Cc1ccc(S(=O)(=O)N(CC(=O)NCC2=CCCCC2)c2ccc(C)c(Cl)c2)cc1. The van der Waals surface area contributed by atoms with E-state index in [1.54, 1.807) is 42.5 Å². The fourth-order valence-electron chi connectivity index (χ4n) is 3.35. The Hall–Kier alpha value is -2.31. The van der Waals surface area contributed by atoms with Gasteiger partial charge in [-0.2, -0.15) is 0 Å². The summed E-state index contributed by atoms with van der Waals surface area (Å²) < 4.78 is 27.9. The summed E-state index contributed by atoms with van der Waals surface area (Å²) >= 11 is 6.24. The first kappa shape index (κ1) is 22.4. The fourth-order valence-corrected chi connectivity index (χ4v) is 4.94. The normalized spacial score (nSPS) is 14.2. The van der Waals surface area contributed by atoms with E-state index in [0.717, 1.165) is 34.7 Å². The average Bonchev–Trinajstić information content (AvgIpc) is 2.73. The predicted octanol–water partition coefficient (Wildman–Crippen LogP) is 4.77. The standard InChI is InChI=1S/C23H27ClN2O3S/c1-17-8-12-21(13-9-17)30(28,29)26(20-11-10-18(2)22(24)14-20)16-23(27)25-15-19-6-4-3-5-7-19/h6,8-14H,3-5,7,15-16H2,1-2H3,(H,25,27). The lowest BCUT2D eigenvalue weighted by atomic mass is 10.00. The Balaban J connectivity index is 1.87. The van der Waals surface area contributed by atoms with Gasteiger partial charge in [0.15, 0.2) is 0 Å². The summed E-state index contributed by atoms with van der Waals surface area (Å²) in [6.45, 7) is 3.87. The van der Waals surface area contributed by atoms with Crippen molar-refractivity contribution in [1.29, 1.82) is 0 Å². The molecule has 2 aromatic rings. The molecule has 0 fully saturated rings. The maximum Gasteiger partial charge on any atom is 0.264 e. The van der Waals surface area contributed by atoms with Crippen LogP contribution in [0.5, 0.6) is 0 Å². The molecule has 0 saturated carbocycles. The third kappa shape index (κ3) is 5.43. The number of hydrogen-bond acceptors (Lipinski definition) is 3. The Morgan fingerprint density at radius 2 is 1.83 bits per heavy atom. The van der Waals surface area contributed by atoms with Gasteiger partial charge in [-0.25, -0.2) is 8.42 Å². The second kappa shape index (κ2) is 9.67. The molecule has 0 atom stereocenters. The van der Waals surface area contributed by atoms with E-state index in [0.29, 0.717) is 17.3 Å². The molecule has 5 nitrogen and oxygen atoms in total. The summed E-state index contributed by atoms with van der Waals surface area (Å²) in [6.07, 6.45) is 6.45. The van der Waals surface area contributed by atoms with Crippen molar-refractivity contribution in [2.24, 2.45) is 0 Å². The number of nitrogens with zero attached hydrogens (tertiary/aromatic N) is 1. The Morgan fingerprint density at radius 3 is 2.47 bits per heavy atom. The van der Waals surface area contributed by atoms with Gasteiger partial charge in [-0.15, -0.1) is 0 Å². The van der Waals surface area contributed by atoms with Crippen LogP contribution in [-0.2, 0) is 14.8 Å². The molecule has 0 radical (unpaired) electrons. The third-order valence-electron chi connectivity index (χ3n) is 5.24. The Labute approximate surface area is 183 Å². The number of aryl methyl sites for hydroxylation is 2. The van der Waals surface area contributed by atoms with Crippen LogP contribution in [0.2, 0.25) is 5.02 Å². The summed E-state index contributed by atoms with van der Waals surface area (Å²) in [5.74, 6) is -0.353. The number of allylic oxidation sites excluding steroid dienone is 1. The van der Waals surface area contributed by atoms with E-state index in [-0.39, 0.29) is 17.3 Å². The van der Waals surface area contributed by atoms with Crippen molar-refractivity contribution in [2.75, 3.05) is 17.4 Å². The summed E-state index contributed by atoms with van der Waals surface area (Å²) in [4.78, 5) is 12.8. The van der Waals surface area contributed by atoms with Crippen LogP contribution < -0.4 is 9.62 Å². The Kier molecular flexibility index (Phi) is 7.21. The van der Waals surface area contributed by atoms with Crippen LogP contribution in [0.1, 0.15) is 36.8 Å². The number of benzene rings is 2. The van der Waals surface area contributed by atoms with E-state index in [4.69, 9.17) is 11.6 Å². The van der Waals surface area contributed by atoms with Crippen molar-refractivity contribution in [1.82, 2.24) is 5.32 Å². The molecule has 2 aromatic carbocycles. The number of amides is 1. The highest BCUT2D eigenvalue weighted by Gasteiger charge is 2.27. The fraction of sp³-hybridized carbons (Fsp3) is 0.348. The highest BCUT2D eigenvalue weighted by atomic mass is 35.5. The largest absolute Gasteiger partial charge is 0.351 e. The van der Waals surface area contributed by atoms with Crippen molar-refractivity contribution >= 4 is 33.2 Å². The Morgan fingerprint density at radius 1 is 1.10 bits per heavy atom. The summed E-state index contributed by atoms with van der Waals surface area (Å²) in [6, 6.07) is 11.6. The second-order valence-electron chi connectivity index (χ2n) is 7.64. The molecular weight excluding hydrogens is 420 g/mol. The minimum atomic E-state index is -3.94. The zero-order valence-corrected chi connectivity index (χ0v) is 18.9. The molecule has 0 aliphatic heterocycles. The first-order valence-corrected chi connectivity index (χ1v) is 11.9. The number of carbonyl (C=O) groups is 1. The van der Waals surface area contributed by atoms with Crippen LogP contribution >= 0.6 is 11.6 Å². The number of nitrogens with one attached hydrogen (secondary N) is 1. The summed E-state index contributed by atoms with van der Waals surface area (Å²) in [7, 11) is -3.94. The van der Waals surface area contributed by atoms with Crippen molar-refractivity contribution < 1.29 is 13.2 Å². The smallest absolute Gasteiger partial charge is 0.264 e. The molecule has 0 heterocycles. The first-order chi connectivity index (χ1) is 14.3.